The van der Waals surface area contributed by atoms with E-state index in [9.17, 15) is 13.6 Å². The predicted molar refractivity (Wildman–Crippen MR) is 98.9 cm³/mol. The van der Waals surface area contributed by atoms with Crippen LogP contribution < -0.4 is 5.73 Å². The van der Waals surface area contributed by atoms with E-state index in [-0.39, 0.29) is 35.7 Å². The molecule has 0 atom stereocenters. The topological polar surface area (TPSA) is 95.9 Å². The van der Waals surface area contributed by atoms with Crippen molar-refractivity contribution < 1.29 is 18.3 Å². The Morgan fingerprint density at radius 3 is 2.64 bits per heavy atom. The van der Waals surface area contributed by atoms with Crippen LogP contribution in [0.1, 0.15) is 23.2 Å². The zero-order valence-corrected chi connectivity index (χ0v) is 15.3. The molecule has 0 aliphatic heterocycles. The highest BCUT2D eigenvalue weighted by Gasteiger charge is 2.19. The highest BCUT2D eigenvalue weighted by atomic mass is 35.5. The zero-order valence-electron chi connectivity index (χ0n) is 14.6. The minimum Gasteiger partial charge on any atom is -0.369 e. The summed E-state index contributed by atoms with van der Waals surface area (Å²) in [5.74, 6) is -0.0808. The Bertz CT molecular complexity index is 960. The van der Waals surface area contributed by atoms with E-state index in [4.69, 9.17) is 22.1 Å². The first-order chi connectivity index (χ1) is 13.5. The summed E-state index contributed by atoms with van der Waals surface area (Å²) in [5.41, 5.74) is 8.30. The van der Waals surface area contributed by atoms with Crippen molar-refractivity contribution in [1.82, 2.24) is 19.7 Å². The lowest BCUT2D eigenvalue weighted by atomic mass is 9.99. The molecule has 0 saturated carbocycles. The molecule has 0 saturated heterocycles. The molecule has 2 N–H and O–H groups in total. The first-order valence-corrected chi connectivity index (χ1v) is 8.60. The van der Waals surface area contributed by atoms with Crippen molar-refractivity contribution in [2.75, 3.05) is 12.3 Å². The largest absolute Gasteiger partial charge is 0.369 e. The van der Waals surface area contributed by atoms with Crippen LogP contribution in [0.4, 0.5) is 14.7 Å². The van der Waals surface area contributed by atoms with E-state index < -0.39 is 6.55 Å². The van der Waals surface area contributed by atoms with Crippen molar-refractivity contribution in [3.63, 3.8) is 0 Å². The van der Waals surface area contributed by atoms with Gasteiger partial charge >= 0.3 is 6.55 Å². The molecule has 0 amide bonds. The first-order valence-electron chi connectivity index (χ1n) is 8.22. The number of benzene rings is 1. The number of alkyl halides is 2. The molecule has 0 aliphatic carbocycles. The SMILES string of the molecule is Nc1nc(Cl)cc(-c2nn(C(F)F)cc2Cc2ccccc2COCC=O)n1. The van der Waals surface area contributed by atoms with E-state index in [1.54, 1.807) is 0 Å². The number of hydrogen-bond donors (Lipinski definition) is 1. The van der Waals surface area contributed by atoms with Gasteiger partial charge < -0.3 is 15.3 Å². The summed E-state index contributed by atoms with van der Waals surface area (Å²) in [4.78, 5) is 18.3. The quantitative estimate of drug-likeness (QED) is 0.350. The molecule has 0 aliphatic rings. The van der Waals surface area contributed by atoms with Gasteiger partial charge in [-0.25, -0.2) is 14.6 Å². The van der Waals surface area contributed by atoms with Crippen LogP contribution in [-0.2, 0) is 22.6 Å². The van der Waals surface area contributed by atoms with Gasteiger partial charge in [-0.3, -0.25) is 0 Å². The number of halogens is 3. The Kier molecular flexibility index (Phi) is 6.27. The summed E-state index contributed by atoms with van der Waals surface area (Å²) in [6.45, 7) is -2.62. The van der Waals surface area contributed by atoms with Gasteiger partial charge in [0.2, 0.25) is 5.95 Å². The van der Waals surface area contributed by atoms with Crippen LogP contribution in [-0.4, -0.2) is 32.6 Å². The Hall–Kier alpha value is -2.91. The number of ether oxygens (including phenoxy) is 1. The molecular formula is C18H16ClF2N5O2. The second-order valence-electron chi connectivity index (χ2n) is 5.82. The molecule has 28 heavy (non-hydrogen) atoms. The predicted octanol–water partition coefficient (Wildman–Crippen LogP) is 3.28. The van der Waals surface area contributed by atoms with E-state index in [2.05, 4.69) is 15.1 Å². The Balaban J connectivity index is 1.99. The Morgan fingerprint density at radius 2 is 1.96 bits per heavy atom. The summed E-state index contributed by atoms with van der Waals surface area (Å²) in [6, 6.07) is 8.77. The Labute approximate surface area is 164 Å². The van der Waals surface area contributed by atoms with Crippen LogP contribution in [0.2, 0.25) is 5.15 Å². The van der Waals surface area contributed by atoms with Crippen molar-refractivity contribution in [3.8, 4) is 11.4 Å². The Morgan fingerprint density at radius 1 is 1.21 bits per heavy atom. The smallest absolute Gasteiger partial charge is 0.333 e. The van der Waals surface area contributed by atoms with Gasteiger partial charge in [0.1, 0.15) is 23.7 Å². The van der Waals surface area contributed by atoms with Crippen molar-refractivity contribution in [3.05, 3.63) is 58.4 Å². The van der Waals surface area contributed by atoms with Crippen molar-refractivity contribution in [2.24, 2.45) is 0 Å². The van der Waals surface area contributed by atoms with Gasteiger partial charge in [-0.05, 0) is 11.1 Å². The second-order valence-corrected chi connectivity index (χ2v) is 6.21. The molecule has 146 valence electrons. The van der Waals surface area contributed by atoms with Gasteiger partial charge in [0.05, 0.1) is 12.3 Å². The van der Waals surface area contributed by atoms with Crippen LogP contribution >= 0.6 is 11.6 Å². The molecule has 0 unspecified atom stereocenters. The lowest BCUT2D eigenvalue weighted by Gasteiger charge is -2.09. The number of carbonyl (C=O) groups is 1. The third kappa shape index (κ3) is 4.68. The third-order valence-corrected chi connectivity index (χ3v) is 4.10. The molecule has 7 nitrogen and oxygen atoms in total. The van der Waals surface area contributed by atoms with E-state index in [1.807, 2.05) is 24.3 Å². The maximum absolute atomic E-state index is 13.2. The summed E-state index contributed by atoms with van der Waals surface area (Å²) in [6.07, 6.45) is 2.22. The lowest BCUT2D eigenvalue weighted by Crippen LogP contribution is -2.02. The maximum atomic E-state index is 13.2. The highest BCUT2D eigenvalue weighted by molar-refractivity contribution is 6.29. The summed E-state index contributed by atoms with van der Waals surface area (Å²) in [7, 11) is 0. The van der Waals surface area contributed by atoms with Crippen LogP contribution in [0.25, 0.3) is 11.4 Å². The lowest BCUT2D eigenvalue weighted by molar-refractivity contribution is -0.112. The fourth-order valence-corrected chi connectivity index (χ4v) is 2.91. The van der Waals surface area contributed by atoms with E-state index in [0.717, 1.165) is 11.1 Å². The average molecular weight is 408 g/mol. The van der Waals surface area contributed by atoms with Crippen molar-refractivity contribution in [1.29, 1.82) is 0 Å². The van der Waals surface area contributed by atoms with Gasteiger partial charge in [-0.15, -0.1) is 0 Å². The molecule has 2 heterocycles. The number of hydrogen-bond acceptors (Lipinski definition) is 6. The fraction of sp³-hybridized carbons (Fsp3) is 0.222. The van der Waals surface area contributed by atoms with Crippen molar-refractivity contribution in [2.45, 2.75) is 19.6 Å². The summed E-state index contributed by atoms with van der Waals surface area (Å²) >= 11 is 5.92. The number of anilines is 1. The molecule has 0 spiro atoms. The third-order valence-electron chi connectivity index (χ3n) is 3.91. The maximum Gasteiger partial charge on any atom is 0.333 e. The summed E-state index contributed by atoms with van der Waals surface area (Å²) in [5, 5.41) is 4.03. The number of nitrogen functional groups attached to an aromatic ring is 1. The minimum absolute atomic E-state index is 0.0262. The van der Waals surface area contributed by atoms with Gasteiger partial charge in [-0.1, -0.05) is 35.9 Å². The average Bonchev–Trinajstić information content (AvgIpc) is 3.07. The van der Waals surface area contributed by atoms with Gasteiger partial charge in [-0.2, -0.15) is 13.9 Å². The van der Waals surface area contributed by atoms with Gasteiger partial charge in [0.15, 0.2) is 0 Å². The first kappa shape index (κ1) is 19.8. The van der Waals surface area contributed by atoms with Crippen LogP contribution in [0.3, 0.4) is 0 Å². The van der Waals surface area contributed by atoms with E-state index >= 15 is 0 Å². The standard InChI is InChI=1S/C18H16ClF2N5O2/c19-15-8-14(23-18(22)24-15)16-13(9-26(25-16)17(20)21)7-11-3-1-2-4-12(11)10-28-6-5-27/h1-5,8-9,17H,6-7,10H2,(H2,22,23,24). The van der Waals surface area contributed by atoms with Gasteiger partial charge in [0, 0.05) is 24.2 Å². The van der Waals surface area contributed by atoms with Crippen LogP contribution in [0.15, 0.2) is 36.5 Å². The number of aldehydes is 1. The molecule has 0 radical (unpaired) electrons. The number of nitrogens with two attached hydrogens (primary N) is 1. The molecule has 3 aromatic rings. The molecule has 3 rings (SSSR count). The van der Waals surface area contributed by atoms with Crippen molar-refractivity contribution >= 4 is 23.8 Å². The molecule has 1 aromatic carbocycles. The second kappa shape index (κ2) is 8.85. The zero-order chi connectivity index (χ0) is 20.1. The number of aromatic nitrogens is 4. The molecule has 2 aromatic heterocycles. The molecule has 0 fully saturated rings. The summed E-state index contributed by atoms with van der Waals surface area (Å²) < 4.78 is 32.3. The van der Waals surface area contributed by atoms with E-state index in [1.165, 1.54) is 12.3 Å². The van der Waals surface area contributed by atoms with E-state index in [0.29, 0.717) is 23.0 Å². The monoisotopic (exact) mass is 407 g/mol. The minimum atomic E-state index is -2.81. The normalized spacial score (nSPS) is 11.1. The van der Waals surface area contributed by atoms with Crippen LogP contribution in [0.5, 0.6) is 0 Å². The van der Waals surface area contributed by atoms with Gasteiger partial charge in [0.25, 0.3) is 0 Å². The number of nitrogens with zero attached hydrogens (tertiary/aromatic N) is 4. The number of carbonyl (C=O) groups excluding carboxylic acids is 1. The molecule has 10 heteroatoms. The highest BCUT2D eigenvalue weighted by Crippen LogP contribution is 2.28. The fourth-order valence-electron chi connectivity index (χ4n) is 2.72. The number of rotatable bonds is 8. The van der Waals surface area contributed by atoms with Crippen LogP contribution in [0, 0.1) is 0 Å². The molecular weight excluding hydrogens is 392 g/mol. The molecule has 0 bridgehead atoms.